The fourth-order valence-corrected chi connectivity index (χ4v) is 6.70. The predicted molar refractivity (Wildman–Crippen MR) is 156 cm³/mol. The minimum Gasteiger partial charge on any atom is -0.370 e. The highest BCUT2D eigenvalue weighted by atomic mass is 35.5. The van der Waals surface area contributed by atoms with Crippen molar-refractivity contribution in [3.63, 3.8) is 0 Å². The molecule has 1 aliphatic heterocycles. The molecule has 41 heavy (non-hydrogen) atoms. The largest absolute Gasteiger partial charge is 0.370 e. The number of nitrogens with zero attached hydrogens (tertiary/aromatic N) is 1. The molecule has 1 heterocycles. The Morgan fingerprint density at radius 1 is 1.12 bits per heavy atom. The topological polar surface area (TPSA) is 95.6 Å². The van der Waals surface area contributed by atoms with Gasteiger partial charge in [-0.25, -0.2) is 17.2 Å². The molecule has 7 nitrogen and oxygen atoms in total. The third-order valence-corrected chi connectivity index (χ3v) is 9.44. The molecule has 2 fully saturated rings. The lowest BCUT2D eigenvalue weighted by atomic mass is 9.90. The summed E-state index contributed by atoms with van der Waals surface area (Å²) in [5.74, 6) is -2.98. The Hall–Kier alpha value is -2.72. The van der Waals surface area contributed by atoms with Crippen molar-refractivity contribution in [2.75, 3.05) is 19.3 Å². The lowest BCUT2D eigenvalue weighted by molar-refractivity contribution is -0.124. The molecule has 1 saturated heterocycles. The Balaban J connectivity index is 1.47. The van der Waals surface area contributed by atoms with Crippen molar-refractivity contribution in [3.05, 3.63) is 68.9 Å². The van der Waals surface area contributed by atoms with E-state index in [0.717, 1.165) is 30.4 Å². The molecule has 1 aromatic rings. The van der Waals surface area contributed by atoms with Crippen LogP contribution in [-0.4, -0.2) is 56.4 Å². The first-order valence-electron chi connectivity index (χ1n) is 14.1. The van der Waals surface area contributed by atoms with Gasteiger partial charge < -0.3 is 15.5 Å². The molecule has 0 atom stereocenters. The lowest BCUT2D eigenvalue weighted by Crippen LogP contribution is -2.42. The van der Waals surface area contributed by atoms with Gasteiger partial charge in [-0.1, -0.05) is 23.7 Å². The zero-order valence-corrected chi connectivity index (χ0v) is 25.1. The predicted octanol–water partition coefficient (Wildman–Crippen LogP) is 5.75. The second kappa shape index (κ2) is 13.1. The van der Waals surface area contributed by atoms with Gasteiger partial charge in [0.15, 0.2) is 9.84 Å². The zero-order chi connectivity index (χ0) is 29.8. The van der Waals surface area contributed by atoms with Crippen LogP contribution in [0.25, 0.3) is 0 Å². The van der Waals surface area contributed by atoms with E-state index in [0.29, 0.717) is 61.5 Å². The molecule has 224 valence electrons. The maximum atomic E-state index is 13.4. The van der Waals surface area contributed by atoms with E-state index in [-0.39, 0.29) is 35.6 Å². The van der Waals surface area contributed by atoms with Gasteiger partial charge in [0.2, 0.25) is 11.8 Å². The van der Waals surface area contributed by atoms with Crippen LogP contribution in [0.5, 0.6) is 0 Å². The van der Waals surface area contributed by atoms with Crippen molar-refractivity contribution in [1.82, 2.24) is 15.5 Å². The number of nitrogens with one attached hydrogen (secondary N) is 2. The first-order chi connectivity index (χ1) is 19.3. The number of hydrogen-bond acceptors (Lipinski definition) is 5. The maximum Gasteiger partial charge on any atom is 0.255 e. The van der Waals surface area contributed by atoms with E-state index in [4.69, 9.17) is 11.6 Å². The summed E-state index contributed by atoms with van der Waals surface area (Å²) in [5, 5.41) is 6.31. The molecule has 4 rings (SSSR count). The summed E-state index contributed by atoms with van der Waals surface area (Å²) in [4.78, 5) is 28.2. The van der Waals surface area contributed by atoms with E-state index < -0.39 is 21.7 Å². The molecule has 3 aliphatic rings. The SMILES string of the molecule is CC1=C(N2CCC(CC(=O)NC3CCC(F)(F)CC3)CC2)C(NC(=O)c2cccc(Cl)c2)=CC(S(C)(=O)=O)=CCC1. The molecule has 11 heteroatoms. The van der Waals surface area contributed by atoms with Gasteiger partial charge in [-0.2, -0.15) is 0 Å². The van der Waals surface area contributed by atoms with Gasteiger partial charge in [-0.3, -0.25) is 9.59 Å². The van der Waals surface area contributed by atoms with Crippen molar-refractivity contribution in [3.8, 4) is 0 Å². The summed E-state index contributed by atoms with van der Waals surface area (Å²) in [5.41, 5.74) is 2.58. The zero-order valence-electron chi connectivity index (χ0n) is 23.5. The highest BCUT2D eigenvalue weighted by Gasteiger charge is 2.35. The number of amides is 2. The van der Waals surface area contributed by atoms with Crippen molar-refractivity contribution in [2.24, 2.45) is 5.92 Å². The molecule has 0 spiro atoms. The van der Waals surface area contributed by atoms with E-state index in [9.17, 15) is 26.8 Å². The van der Waals surface area contributed by atoms with Gasteiger partial charge >= 0.3 is 0 Å². The minimum absolute atomic E-state index is 0.0997. The van der Waals surface area contributed by atoms with Crippen molar-refractivity contribution < 1.29 is 26.8 Å². The van der Waals surface area contributed by atoms with Crippen molar-refractivity contribution in [2.45, 2.75) is 76.7 Å². The Labute approximate surface area is 246 Å². The summed E-state index contributed by atoms with van der Waals surface area (Å²) < 4.78 is 52.0. The second-order valence-electron chi connectivity index (χ2n) is 11.4. The van der Waals surface area contributed by atoms with E-state index in [2.05, 4.69) is 15.5 Å². The van der Waals surface area contributed by atoms with Crippen LogP contribution >= 0.6 is 11.6 Å². The van der Waals surface area contributed by atoms with Crippen LogP contribution in [-0.2, 0) is 14.6 Å². The smallest absolute Gasteiger partial charge is 0.255 e. The Kier molecular flexibility index (Phi) is 9.95. The monoisotopic (exact) mass is 609 g/mol. The quantitative estimate of drug-likeness (QED) is 0.411. The summed E-state index contributed by atoms with van der Waals surface area (Å²) in [7, 11) is -3.53. The highest BCUT2D eigenvalue weighted by molar-refractivity contribution is 7.94. The third kappa shape index (κ3) is 8.64. The molecule has 1 saturated carbocycles. The first kappa shape index (κ1) is 31.2. The van der Waals surface area contributed by atoms with Crippen LogP contribution in [0.15, 0.2) is 58.3 Å². The number of hydrogen-bond donors (Lipinski definition) is 2. The minimum atomic E-state index is -3.53. The van der Waals surface area contributed by atoms with Gasteiger partial charge in [0, 0.05) is 55.2 Å². The Bertz CT molecular complexity index is 1360. The summed E-state index contributed by atoms with van der Waals surface area (Å²) >= 11 is 6.09. The molecule has 2 N–H and O–H groups in total. The lowest BCUT2D eigenvalue weighted by Gasteiger charge is -2.37. The number of carbonyl (C=O) groups excluding carboxylic acids is 2. The standard InChI is InChI=1S/C30H38ClF2N3O4S/c1-20-5-3-8-25(41(2,39)40)19-26(35-29(38)22-6-4-7-23(31)18-22)28(20)36-15-11-21(12-16-36)17-27(37)34-24-9-13-30(32,33)14-10-24/h4,6-8,18-19,21,24H,3,5,9-17H2,1-2H3,(H,34,37)(H,35,38). The molecule has 1 aromatic carbocycles. The van der Waals surface area contributed by atoms with Crippen LogP contribution in [0.1, 0.15) is 75.1 Å². The number of alkyl halides is 2. The number of rotatable bonds is 7. The van der Waals surface area contributed by atoms with E-state index in [1.54, 1.807) is 30.3 Å². The average Bonchev–Trinajstić information content (AvgIpc) is 2.88. The number of halogens is 3. The highest BCUT2D eigenvalue weighted by Crippen LogP contribution is 2.34. The fourth-order valence-electron chi connectivity index (χ4n) is 5.76. The van der Waals surface area contributed by atoms with Crippen molar-refractivity contribution >= 4 is 33.3 Å². The molecule has 0 radical (unpaired) electrons. The van der Waals surface area contributed by atoms with Gasteiger partial charge in [0.05, 0.1) is 16.3 Å². The number of likely N-dealkylation sites (tertiary alicyclic amines) is 1. The Morgan fingerprint density at radius 2 is 1.80 bits per heavy atom. The van der Waals surface area contributed by atoms with Crippen LogP contribution in [0.3, 0.4) is 0 Å². The number of benzene rings is 1. The molecule has 2 amide bonds. The molecular formula is C30H38ClF2N3O4S. The average molecular weight is 610 g/mol. The summed E-state index contributed by atoms with van der Waals surface area (Å²) in [6.07, 6.45) is 7.56. The molecule has 0 bridgehead atoms. The van der Waals surface area contributed by atoms with Crippen LogP contribution < -0.4 is 10.6 Å². The van der Waals surface area contributed by atoms with Gasteiger partial charge in [-0.15, -0.1) is 0 Å². The fraction of sp³-hybridized carbons (Fsp3) is 0.533. The number of sulfone groups is 1. The normalized spacial score (nSPS) is 21.0. The van der Waals surface area contributed by atoms with E-state index in [1.807, 2.05) is 6.92 Å². The van der Waals surface area contributed by atoms with Gasteiger partial charge in [0.25, 0.3) is 5.91 Å². The Morgan fingerprint density at radius 3 is 2.44 bits per heavy atom. The maximum absolute atomic E-state index is 13.4. The van der Waals surface area contributed by atoms with Crippen LogP contribution in [0.4, 0.5) is 8.78 Å². The van der Waals surface area contributed by atoms with Gasteiger partial charge in [-0.05, 0) is 81.2 Å². The van der Waals surface area contributed by atoms with Crippen LogP contribution in [0, 0.1) is 5.92 Å². The van der Waals surface area contributed by atoms with E-state index in [1.165, 1.54) is 6.08 Å². The molecule has 0 aromatic heterocycles. The number of carbonyl (C=O) groups is 2. The number of allylic oxidation sites excluding steroid dienone is 3. The first-order valence-corrected chi connectivity index (χ1v) is 16.4. The third-order valence-electron chi connectivity index (χ3n) is 8.06. The number of piperidine rings is 1. The summed E-state index contributed by atoms with van der Waals surface area (Å²) in [6, 6.07) is 6.35. The van der Waals surface area contributed by atoms with E-state index >= 15 is 0 Å². The molecule has 2 aliphatic carbocycles. The molecule has 0 unspecified atom stereocenters. The van der Waals surface area contributed by atoms with Crippen LogP contribution in [0.2, 0.25) is 5.02 Å². The summed E-state index contributed by atoms with van der Waals surface area (Å²) in [6.45, 7) is 3.24. The second-order valence-corrected chi connectivity index (χ2v) is 13.9. The van der Waals surface area contributed by atoms with Gasteiger partial charge in [0.1, 0.15) is 0 Å². The van der Waals surface area contributed by atoms with Crippen molar-refractivity contribution in [1.29, 1.82) is 0 Å². The molecular weight excluding hydrogens is 572 g/mol.